The molecule has 3 aromatic heterocycles. The second-order valence-corrected chi connectivity index (χ2v) is 8.12. The normalized spacial score (nSPS) is 11.2. The van der Waals surface area contributed by atoms with Crippen LogP contribution in [0.3, 0.4) is 0 Å². The molecule has 4 aromatic rings. The third-order valence-electron chi connectivity index (χ3n) is 4.80. The highest BCUT2D eigenvalue weighted by molar-refractivity contribution is 9.10. The number of methoxy groups -OCH3 is 2. The summed E-state index contributed by atoms with van der Waals surface area (Å²) in [5.41, 5.74) is 1.43. The molecule has 11 heteroatoms. The van der Waals surface area contributed by atoms with Crippen LogP contribution in [0.15, 0.2) is 37.9 Å². The number of nitrogens with zero attached hydrogens (tertiary/aromatic N) is 5. The molecule has 156 valence electrons. The molecule has 0 saturated carbocycles. The Bertz CT molecular complexity index is 1380. The third-order valence-corrected chi connectivity index (χ3v) is 6.33. The van der Waals surface area contributed by atoms with Gasteiger partial charge in [0.2, 0.25) is 0 Å². The molecule has 0 saturated heterocycles. The number of rotatable bonds is 5. The Morgan fingerprint density at radius 1 is 1.10 bits per heavy atom. The van der Waals surface area contributed by atoms with Crippen molar-refractivity contribution in [3.63, 3.8) is 0 Å². The van der Waals surface area contributed by atoms with E-state index in [0.717, 1.165) is 20.8 Å². The van der Waals surface area contributed by atoms with Crippen LogP contribution < -0.4 is 20.7 Å². The van der Waals surface area contributed by atoms with E-state index >= 15 is 0 Å². The first kappa shape index (κ1) is 20.4. The average molecular weight is 492 g/mol. The van der Waals surface area contributed by atoms with Crippen molar-refractivity contribution in [2.75, 3.05) is 14.2 Å². The van der Waals surface area contributed by atoms with Crippen LogP contribution in [-0.4, -0.2) is 37.9 Å². The molecule has 3 heterocycles. The van der Waals surface area contributed by atoms with Crippen molar-refractivity contribution in [2.45, 2.75) is 6.54 Å². The van der Waals surface area contributed by atoms with Gasteiger partial charge >= 0.3 is 5.69 Å². The van der Waals surface area contributed by atoms with E-state index in [9.17, 15) is 9.59 Å². The topological polar surface area (TPSA) is 93.2 Å². The van der Waals surface area contributed by atoms with Gasteiger partial charge in [0.25, 0.3) is 5.56 Å². The molecule has 0 radical (unpaired) electrons. The number of benzene rings is 1. The molecule has 1 aromatic carbocycles. The number of aromatic nitrogens is 5. The molecule has 0 spiro atoms. The molecule has 4 rings (SSSR count). The summed E-state index contributed by atoms with van der Waals surface area (Å²) < 4.78 is 15.4. The first-order valence-corrected chi connectivity index (χ1v) is 10.5. The Labute approximate surface area is 183 Å². The molecule has 0 fully saturated rings. The standard InChI is InChI=1S/C19H18BrN5O4S/c1-23-16-14(17(26)24(2)19(23)27)22-18(20)25(16)8-10-9-30-15(21-10)12-6-5-11(28-3)7-13(12)29-4/h5-7,9H,8H2,1-4H3. The highest BCUT2D eigenvalue weighted by Gasteiger charge is 2.19. The summed E-state index contributed by atoms with van der Waals surface area (Å²) in [6.45, 7) is 0.340. The molecule has 9 nitrogen and oxygen atoms in total. The summed E-state index contributed by atoms with van der Waals surface area (Å²) in [6, 6.07) is 5.56. The largest absolute Gasteiger partial charge is 0.497 e. The van der Waals surface area contributed by atoms with Crippen molar-refractivity contribution >= 4 is 38.4 Å². The van der Waals surface area contributed by atoms with Crippen LogP contribution in [0, 0.1) is 0 Å². The average Bonchev–Trinajstić information content (AvgIpc) is 3.35. The maximum absolute atomic E-state index is 12.4. The van der Waals surface area contributed by atoms with Gasteiger partial charge in [0.05, 0.1) is 32.0 Å². The van der Waals surface area contributed by atoms with Crippen molar-refractivity contribution in [3.05, 3.63) is 54.8 Å². The number of thiazole rings is 1. The van der Waals surface area contributed by atoms with E-state index in [2.05, 4.69) is 20.9 Å². The summed E-state index contributed by atoms with van der Waals surface area (Å²) in [5.74, 6) is 1.36. The molecule has 30 heavy (non-hydrogen) atoms. The minimum absolute atomic E-state index is 0.221. The number of halogens is 1. The molecule has 0 atom stereocenters. The first-order chi connectivity index (χ1) is 14.3. The lowest BCUT2D eigenvalue weighted by Crippen LogP contribution is -2.37. The maximum Gasteiger partial charge on any atom is 0.332 e. The molecule has 0 N–H and O–H groups in total. The highest BCUT2D eigenvalue weighted by Crippen LogP contribution is 2.35. The van der Waals surface area contributed by atoms with Gasteiger partial charge in [0, 0.05) is 25.5 Å². The minimum atomic E-state index is -0.436. The summed E-state index contributed by atoms with van der Waals surface area (Å²) in [4.78, 5) is 33.8. The van der Waals surface area contributed by atoms with Crippen LogP contribution in [0.5, 0.6) is 11.5 Å². The lowest BCUT2D eigenvalue weighted by Gasteiger charge is -2.09. The van der Waals surface area contributed by atoms with Crippen LogP contribution in [0.25, 0.3) is 21.7 Å². The van der Waals surface area contributed by atoms with Crippen LogP contribution in [0.2, 0.25) is 0 Å². The van der Waals surface area contributed by atoms with Gasteiger partial charge in [-0.3, -0.25) is 18.5 Å². The summed E-state index contributed by atoms with van der Waals surface area (Å²) in [6.07, 6.45) is 0. The van der Waals surface area contributed by atoms with Gasteiger partial charge in [-0.2, -0.15) is 0 Å². The van der Waals surface area contributed by atoms with Gasteiger partial charge in [-0.25, -0.2) is 14.8 Å². The number of hydrogen-bond donors (Lipinski definition) is 0. The molecule has 0 unspecified atom stereocenters. The second kappa shape index (κ2) is 7.73. The SMILES string of the molecule is COc1ccc(-c2nc(Cn3c(Br)nc4c(=O)n(C)c(=O)n(C)c43)cs2)c(OC)c1. The van der Waals surface area contributed by atoms with Gasteiger partial charge in [0.1, 0.15) is 16.5 Å². The van der Waals surface area contributed by atoms with Crippen molar-refractivity contribution in [1.29, 1.82) is 0 Å². The number of ether oxygens (including phenoxy) is 2. The zero-order valence-electron chi connectivity index (χ0n) is 16.7. The van der Waals surface area contributed by atoms with Crippen molar-refractivity contribution in [2.24, 2.45) is 14.1 Å². The predicted octanol–water partition coefficient (Wildman–Crippen LogP) is 2.39. The van der Waals surface area contributed by atoms with Crippen molar-refractivity contribution < 1.29 is 9.47 Å². The summed E-state index contributed by atoms with van der Waals surface area (Å²) in [5, 5.41) is 2.71. The fourth-order valence-corrected chi connectivity index (χ4v) is 4.55. The third kappa shape index (κ3) is 3.23. The Kier molecular flexibility index (Phi) is 5.24. The smallest absolute Gasteiger partial charge is 0.332 e. The minimum Gasteiger partial charge on any atom is -0.497 e. The van der Waals surface area contributed by atoms with E-state index in [4.69, 9.17) is 14.5 Å². The van der Waals surface area contributed by atoms with Gasteiger partial charge < -0.3 is 9.47 Å². The van der Waals surface area contributed by atoms with E-state index in [1.165, 1.54) is 23.0 Å². The molecular formula is C19H18BrN5O4S. The van der Waals surface area contributed by atoms with E-state index in [1.807, 2.05) is 23.6 Å². The number of hydrogen-bond acceptors (Lipinski definition) is 7. The van der Waals surface area contributed by atoms with Crippen LogP contribution in [-0.2, 0) is 20.6 Å². The quantitative estimate of drug-likeness (QED) is 0.398. The molecule has 0 amide bonds. The van der Waals surface area contributed by atoms with Crippen LogP contribution in [0.1, 0.15) is 5.69 Å². The van der Waals surface area contributed by atoms with Crippen molar-refractivity contribution in [3.8, 4) is 22.1 Å². The highest BCUT2D eigenvalue weighted by atomic mass is 79.9. The summed E-state index contributed by atoms with van der Waals surface area (Å²) in [7, 11) is 6.25. The molecule has 0 aliphatic heterocycles. The van der Waals surface area contributed by atoms with Gasteiger partial charge in [-0.1, -0.05) is 0 Å². The van der Waals surface area contributed by atoms with E-state index in [-0.39, 0.29) is 5.52 Å². The van der Waals surface area contributed by atoms with Crippen LogP contribution >= 0.6 is 27.3 Å². The van der Waals surface area contributed by atoms with Gasteiger partial charge in [-0.15, -0.1) is 11.3 Å². The van der Waals surface area contributed by atoms with Gasteiger partial charge in [0.15, 0.2) is 15.9 Å². The van der Waals surface area contributed by atoms with Gasteiger partial charge in [-0.05, 0) is 28.1 Å². The summed E-state index contributed by atoms with van der Waals surface area (Å²) >= 11 is 4.88. The second-order valence-electron chi connectivity index (χ2n) is 6.56. The van der Waals surface area contributed by atoms with E-state index in [1.54, 1.807) is 25.8 Å². The number of fused-ring (bicyclic) bond motifs is 1. The zero-order valence-corrected chi connectivity index (χ0v) is 19.1. The number of imidazole rings is 1. The lowest BCUT2D eigenvalue weighted by atomic mass is 10.2. The molecular weight excluding hydrogens is 474 g/mol. The van der Waals surface area contributed by atoms with Crippen LogP contribution in [0.4, 0.5) is 0 Å². The molecule has 0 aliphatic carbocycles. The van der Waals surface area contributed by atoms with E-state index < -0.39 is 11.2 Å². The Balaban J connectivity index is 1.77. The number of aryl methyl sites for hydroxylation is 1. The Hall–Kier alpha value is -2.92. The van der Waals surface area contributed by atoms with E-state index in [0.29, 0.717) is 28.4 Å². The predicted molar refractivity (Wildman–Crippen MR) is 118 cm³/mol. The fraction of sp³-hybridized carbons (Fsp3) is 0.263. The van der Waals surface area contributed by atoms with Crippen molar-refractivity contribution in [1.82, 2.24) is 23.7 Å². The zero-order chi connectivity index (χ0) is 21.6. The Morgan fingerprint density at radius 3 is 2.57 bits per heavy atom. The molecule has 0 bridgehead atoms. The molecule has 0 aliphatic rings. The maximum atomic E-state index is 12.4. The Morgan fingerprint density at radius 2 is 1.87 bits per heavy atom. The monoisotopic (exact) mass is 491 g/mol. The first-order valence-electron chi connectivity index (χ1n) is 8.84. The fourth-order valence-electron chi connectivity index (χ4n) is 3.24. The lowest BCUT2D eigenvalue weighted by molar-refractivity contribution is 0.395.